The molecule has 1 unspecified atom stereocenters. The quantitative estimate of drug-likeness (QED) is 0.679. The Balaban J connectivity index is 1.45. The number of hydrogen-bond donors (Lipinski definition) is 1. The van der Waals surface area contributed by atoms with E-state index < -0.39 is 6.04 Å². The maximum Gasteiger partial charge on any atom is 0.256 e. The van der Waals surface area contributed by atoms with Crippen molar-refractivity contribution < 1.29 is 18.8 Å². The van der Waals surface area contributed by atoms with Crippen molar-refractivity contribution in [1.82, 2.24) is 9.80 Å². The largest absolute Gasteiger partial charge is 0.334 e. The minimum atomic E-state index is -0.798. The predicted molar refractivity (Wildman–Crippen MR) is 118 cm³/mol. The molecule has 160 valence electrons. The highest BCUT2D eigenvalue weighted by Gasteiger charge is 2.40. The maximum atomic E-state index is 14.3. The molecule has 0 radical (unpaired) electrons. The number of halogens is 1. The average molecular weight is 429 g/mol. The van der Waals surface area contributed by atoms with Crippen LogP contribution in [0.3, 0.4) is 0 Å². The fraction of sp³-hybridized carbons (Fsp3) is 0.160. The Labute approximate surface area is 184 Å². The van der Waals surface area contributed by atoms with E-state index in [1.54, 1.807) is 65.6 Å². The number of fused-ring (bicyclic) bond motifs is 2. The third kappa shape index (κ3) is 3.41. The van der Waals surface area contributed by atoms with Crippen molar-refractivity contribution in [2.24, 2.45) is 0 Å². The van der Waals surface area contributed by atoms with Gasteiger partial charge in [-0.3, -0.25) is 14.4 Å². The first kappa shape index (κ1) is 19.9. The first-order valence-corrected chi connectivity index (χ1v) is 10.4. The highest BCUT2D eigenvalue weighted by atomic mass is 19.1. The normalized spacial score (nSPS) is 17.8. The lowest BCUT2D eigenvalue weighted by Crippen LogP contribution is -2.59. The van der Waals surface area contributed by atoms with E-state index in [4.69, 9.17) is 0 Å². The molecule has 1 N–H and O–H groups in total. The summed E-state index contributed by atoms with van der Waals surface area (Å²) < 4.78 is 14.3. The zero-order chi connectivity index (χ0) is 22.2. The highest BCUT2D eigenvalue weighted by Crippen LogP contribution is 2.31. The van der Waals surface area contributed by atoms with Gasteiger partial charge >= 0.3 is 0 Å². The summed E-state index contributed by atoms with van der Waals surface area (Å²) >= 11 is 0. The van der Waals surface area contributed by atoms with Crippen LogP contribution in [0.2, 0.25) is 0 Å². The predicted octanol–water partition coefficient (Wildman–Crippen LogP) is 3.41. The lowest BCUT2D eigenvalue weighted by molar-refractivity contribution is -0.121. The van der Waals surface area contributed by atoms with Crippen molar-refractivity contribution in [2.45, 2.75) is 6.04 Å². The van der Waals surface area contributed by atoms with Crippen molar-refractivity contribution in [3.8, 4) is 11.1 Å². The number of nitrogens with zero attached hydrogens (tertiary/aromatic N) is 2. The van der Waals surface area contributed by atoms with Gasteiger partial charge in [0.15, 0.2) is 0 Å². The lowest BCUT2D eigenvalue weighted by atomic mass is 10.0. The summed E-state index contributed by atoms with van der Waals surface area (Å²) in [6.45, 7) is 0.671. The van der Waals surface area contributed by atoms with Crippen LogP contribution in [-0.4, -0.2) is 53.2 Å². The highest BCUT2D eigenvalue weighted by molar-refractivity contribution is 6.11. The molecule has 3 aromatic rings. The van der Waals surface area contributed by atoms with E-state index in [1.165, 1.54) is 11.0 Å². The standard InChI is InChI=1S/C25H20FN3O3/c26-20-9-5-4-8-18(20)17-10-11-21-19(14-17)25(32)29-13-12-28(15-22(29)23(30)27-21)24(31)16-6-2-1-3-7-16/h1-11,14,22H,12-13,15H2,(H,27,30). The molecule has 1 fully saturated rings. The molecule has 0 aliphatic carbocycles. The summed E-state index contributed by atoms with van der Waals surface area (Å²) in [5, 5.41) is 2.81. The number of amides is 3. The summed E-state index contributed by atoms with van der Waals surface area (Å²) in [5.41, 5.74) is 2.17. The Morgan fingerprint density at radius 1 is 0.906 bits per heavy atom. The lowest BCUT2D eigenvalue weighted by Gasteiger charge is -2.39. The van der Waals surface area contributed by atoms with Crippen LogP contribution in [0.25, 0.3) is 11.1 Å². The number of carbonyl (C=O) groups is 3. The van der Waals surface area contributed by atoms with E-state index in [1.807, 2.05) is 6.07 Å². The minimum absolute atomic E-state index is 0.111. The van der Waals surface area contributed by atoms with Gasteiger partial charge in [0.05, 0.1) is 17.8 Å². The smallest absolute Gasteiger partial charge is 0.256 e. The summed E-state index contributed by atoms with van der Waals surface area (Å²) in [6, 6.07) is 19.3. The van der Waals surface area contributed by atoms with Crippen molar-refractivity contribution >= 4 is 23.4 Å². The number of anilines is 1. The van der Waals surface area contributed by atoms with Crippen LogP contribution in [-0.2, 0) is 4.79 Å². The third-order valence-corrected chi connectivity index (χ3v) is 5.94. The molecule has 5 rings (SSSR count). The monoisotopic (exact) mass is 429 g/mol. The van der Waals surface area contributed by atoms with Gasteiger partial charge in [-0.25, -0.2) is 4.39 Å². The van der Waals surface area contributed by atoms with Crippen LogP contribution in [0.5, 0.6) is 0 Å². The van der Waals surface area contributed by atoms with Crippen molar-refractivity contribution in [2.75, 3.05) is 25.0 Å². The van der Waals surface area contributed by atoms with Crippen LogP contribution < -0.4 is 5.32 Å². The van der Waals surface area contributed by atoms with E-state index >= 15 is 0 Å². The van der Waals surface area contributed by atoms with Gasteiger partial charge in [0.25, 0.3) is 11.8 Å². The third-order valence-electron chi connectivity index (χ3n) is 5.94. The van der Waals surface area contributed by atoms with E-state index in [2.05, 4.69) is 5.32 Å². The molecule has 0 spiro atoms. The van der Waals surface area contributed by atoms with Gasteiger partial charge in [0, 0.05) is 24.2 Å². The first-order chi connectivity index (χ1) is 15.5. The van der Waals surface area contributed by atoms with Crippen LogP contribution in [0, 0.1) is 5.82 Å². The summed E-state index contributed by atoms with van der Waals surface area (Å²) in [5.74, 6) is -1.22. The second-order valence-electron chi connectivity index (χ2n) is 7.86. The molecule has 32 heavy (non-hydrogen) atoms. The molecule has 0 bridgehead atoms. The fourth-order valence-electron chi connectivity index (χ4n) is 4.26. The molecule has 0 saturated carbocycles. The molecular formula is C25H20FN3O3. The molecule has 2 heterocycles. The van der Waals surface area contributed by atoms with E-state index in [0.29, 0.717) is 34.5 Å². The van der Waals surface area contributed by atoms with Gasteiger partial charge in [0.1, 0.15) is 11.9 Å². The van der Waals surface area contributed by atoms with Crippen molar-refractivity contribution in [3.05, 3.63) is 89.7 Å². The van der Waals surface area contributed by atoms with Gasteiger partial charge in [-0.15, -0.1) is 0 Å². The number of carbonyl (C=O) groups excluding carboxylic acids is 3. The second kappa shape index (κ2) is 7.92. The van der Waals surface area contributed by atoms with E-state index in [9.17, 15) is 18.8 Å². The minimum Gasteiger partial charge on any atom is -0.334 e. The van der Waals surface area contributed by atoms with Gasteiger partial charge in [-0.05, 0) is 35.9 Å². The molecule has 0 aromatic heterocycles. The van der Waals surface area contributed by atoms with Gasteiger partial charge in [-0.1, -0.05) is 42.5 Å². The van der Waals surface area contributed by atoms with Crippen LogP contribution in [0.15, 0.2) is 72.8 Å². The maximum absolute atomic E-state index is 14.3. The van der Waals surface area contributed by atoms with Crippen LogP contribution >= 0.6 is 0 Å². The molecule has 2 aliphatic rings. The summed E-state index contributed by atoms with van der Waals surface area (Å²) in [6.07, 6.45) is 0. The Hall–Kier alpha value is -4.00. The molecule has 1 atom stereocenters. The van der Waals surface area contributed by atoms with Crippen LogP contribution in [0.4, 0.5) is 10.1 Å². The molecular weight excluding hydrogens is 409 g/mol. The molecule has 3 aromatic carbocycles. The van der Waals surface area contributed by atoms with Crippen molar-refractivity contribution in [1.29, 1.82) is 0 Å². The number of hydrogen-bond acceptors (Lipinski definition) is 3. The molecule has 3 amide bonds. The Kier molecular flexibility index (Phi) is 4.93. The first-order valence-electron chi connectivity index (χ1n) is 10.4. The average Bonchev–Trinajstić information content (AvgIpc) is 2.93. The number of nitrogens with one attached hydrogen (secondary N) is 1. The Morgan fingerprint density at radius 2 is 1.66 bits per heavy atom. The number of benzene rings is 3. The molecule has 7 heteroatoms. The molecule has 6 nitrogen and oxygen atoms in total. The Bertz CT molecular complexity index is 1230. The van der Waals surface area contributed by atoms with Crippen molar-refractivity contribution in [3.63, 3.8) is 0 Å². The summed E-state index contributed by atoms with van der Waals surface area (Å²) in [4.78, 5) is 42.3. The molecule has 1 saturated heterocycles. The topological polar surface area (TPSA) is 69.7 Å². The zero-order valence-corrected chi connectivity index (χ0v) is 17.1. The summed E-state index contributed by atoms with van der Waals surface area (Å²) in [7, 11) is 0. The van der Waals surface area contributed by atoms with Crippen LogP contribution in [0.1, 0.15) is 20.7 Å². The van der Waals surface area contributed by atoms with Gasteiger partial charge in [0.2, 0.25) is 5.91 Å². The van der Waals surface area contributed by atoms with E-state index in [-0.39, 0.29) is 36.6 Å². The second-order valence-corrected chi connectivity index (χ2v) is 7.86. The number of piperazine rings is 1. The molecule has 2 aliphatic heterocycles. The van der Waals surface area contributed by atoms with Gasteiger partial charge in [-0.2, -0.15) is 0 Å². The number of rotatable bonds is 2. The van der Waals surface area contributed by atoms with Gasteiger partial charge < -0.3 is 15.1 Å². The Morgan fingerprint density at radius 3 is 2.44 bits per heavy atom. The zero-order valence-electron chi connectivity index (χ0n) is 17.1. The van der Waals surface area contributed by atoms with E-state index in [0.717, 1.165) is 0 Å². The SMILES string of the molecule is O=C1Nc2ccc(-c3ccccc3F)cc2C(=O)N2CCN(C(=O)c3ccccc3)CC12. The fourth-order valence-corrected chi connectivity index (χ4v) is 4.26.